The van der Waals surface area contributed by atoms with Gasteiger partial charge in [0.15, 0.2) is 0 Å². The van der Waals surface area contributed by atoms with Gasteiger partial charge >= 0.3 is 0 Å². The smallest absolute Gasteiger partial charge is 0.237 e. The zero-order valence-electron chi connectivity index (χ0n) is 13.8. The van der Waals surface area contributed by atoms with E-state index < -0.39 is 0 Å². The molecule has 1 aliphatic rings. The third-order valence-electron chi connectivity index (χ3n) is 4.58. The second kappa shape index (κ2) is 6.89. The van der Waals surface area contributed by atoms with Gasteiger partial charge in [0.25, 0.3) is 0 Å². The molecule has 0 radical (unpaired) electrons. The summed E-state index contributed by atoms with van der Waals surface area (Å²) in [6, 6.07) is 13.3. The molecule has 5 heteroatoms. The average molecular weight is 333 g/mol. The molecule has 0 bridgehead atoms. The number of nitrogens with zero attached hydrogens (tertiary/aromatic N) is 3. The van der Waals surface area contributed by atoms with Crippen LogP contribution in [-0.4, -0.2) is 15.9 Å². The van der Waals surface area contributed by atoms with E-state index in [4.69, 9.17) is 4.42 Å². The first-order valence-electron chi connectivity index (χ1n) is 8.51. The van der Waals surface area contributed by atoms with Crippen molar-refractivity contribution >= 4 is 11.7 Å². The first-order valence-corrected chi connectivity index (χ1v) is 8.51. The van der Waals surface area contributed by atoms with Gasteiger partial charge in [-0.05, 0) is 55.2 Å². The van der Waals surface area contributed by atoms with Crippen LogP contribution in [0, 0.1) is 0 Å². The number of aryl methyl sites for hydroxylation is 1. The van der Waals surface area contributed by atoms with Gasteiger partial charge in [-0.1, -0.05) is 12.1 Å². The number of carbonyl (C=O) groups is 1. The number of carbonyl (C=O) groups excluding carboxylic acids is 1. The zero-order valence-corrected chi connectivity index (χ0v) is 13.8. The van der Waals surface area contributed by atoms with Gasteiger partial charge in [0.05, 0.1) is 24.4 Å². The van der Waals surface area contributed by atoms with Gasteiger partial charge in [-0.25, -0.2) is 4.98 Å². The summed E-state index contributed by atoms with van der Waals surface area (Å²) in [5, 5.41) is 0. The highest BCUT2D eigenvalue weighted by atomic mass is 16.3. The Balaban J connectivity index is 1.69. The molecule has 0 aliphatic heterocycles. The maximum Gasteiger partial charge on any atom is 0.237 e. The second-order valence-electron chi connectivity index (χ2n) is 6.18. The minimum absolute atomic E-state index is 0.0229. The third-order valence-corrected chi connectivity index (χ3v) is 4.58. The Hall–Kier alpha value is -2.95. The van der Waals surface area contributed by atoms with E-state index >= 15 is 0 Å². The van der Waals surface area contributed by atoms with Gasteiger partial charge < -0.3 is 4.42 Å². The summed E-state index contributed by atoms with van der Waals surface area (Å²) in [7, 11) is 0. The van der Waals surface area contributed by atoms with Crippen LogP contribution < -0.4 is 4.90 Å². The molecule has 3 aromatic rings. The predicted molar refractivity (Wildman–Crippen MR) is 94.1 cm³/mol. The van der Waals surface area contributed by atoms with Crippen molar-refractivity contribution in [2.45, 2.75) is 31.7 Å². The van der Waals surface area contributed by atoms with Crippen LogP contribution in [0.4, 0.5) is 5.82 Å². The minimum atomic E-state index is -0.234. The van der Waals surface area contributed by atoms with Gasteiger partial charge in [-0.15, -0.1) is 0 Å². The first kappa shape index (κ1) is 15.6. The van der Waals surface area contributed by atoms with Crippen LogP contribution in [0.3, 0.4) is 0 Å². The number of hydrogen-bond donors (Lipinski definition) is 0. The van der Waals surface area contributed by atoms with E-state index in [-0.39, 0.29) is 11.8 Å². The van der Waals surface area contributed by atoms with Gasteiger partial charge in [0.2, 0.25) is 5.91 Å². The molecule has 0 saturated heterocycles. The number of rotatable bonds is 4. The van der Waals surface area contributed by atoms with Crippen LogP contribution in [0.2, 0.25) is 0 Å². The molecule has 0 spiro atoms. The predicted octanol–water partition coefficient (Wildman–Crippen LogP) is 3.72. The number of hydrogen-bond acceptors (Lipinski definition) is 4. The van der Waals surface area contributed by atoms with E-state index in [0.29, 0.717) is 12.4 Å². The van der Waals surface area contributed by atoms with E-state index in [1.54, 1.807) is 23.6 Å². The van der Waals surface area contributed by atoms with Crippen LogP contribution in [-0.2, 0) is 17.8 Å². The Morgan fingerprint density at radius 2 is 2.04 bits per heavy atom. The quantitative estimate of drug-likeness (QED) is 0.730. The zero-order chi connectivity index (χ0) is 17.1. The van der Waals surface area contributed by atoms with Crippen molar-refractivity contribution in [3.63, 3.8) is 0 Å². The number of anilines is 1. The third kappa shape index (κ3) is 3.18. The molecule has 3 heterocycles. The molecule has 1 aliphatic carbocycles. The highest BCUT2D eigenvalue weighted by Gasteiger charge is 2.32. The summed E-state index contributed by atoms with van der Waals surface area (Å²) in [5.41, 5.74) is 2.07. The Bertz CT molecular complexity index is 846. The van der Waals surface area contributed by atoms with Gasteiger partial charge in [0.1, 0.15) is 11.6 Å². The Kier molecular flexibility index (Phi) is 4.29. The number of pyridine rings is 2. The van der Waals surface area contributed by atoms with E-state index in [9.17, 15) is 4.79 Å². The molecule has 1 amide bonds. The number of amides is 1. The van der Waals surface area contributed by atoms with E-state index in [0.717, 1.165) is 30.7 Å². The molecule has 5 nitrogen and oxygen atoms in total. The van der Waals surface area contributed by atoms with Crippen molar-refractivity contribution in [1.29, 1.82) is 0 Å². The lowest BCUT2D eigenvalue weighted by Gasteiger charge is -2.29. The van der Waals surface area contributed by atoms with E-state index in [1.165, 1.54) is 5.56 Å². The normalized spacial score (nSPS) is 16.2. The molecular weight excluding hydrogens is 314 g/mol. The van der Waals surface area contributed by atoms with Crippen molar-refractivity contribution in [2.75, 3.05) is 4.90 Å². The van der Waals surface area contributed by atoms with Crippen LogP contribution in [0.1, 0.15) is 35.8 Å². The fraction of sp³-hybridized carbons (Fsp3) is 0.250. The van der Waals surface area contributed by atoms with Gasteiger partial charge in [-0.3, -0.25) is 14.7 Å². The maximum absolute atomic E-state index is 13.4. The SMILES string of the molecule is O=C([C@@H]1CCCc2cccnc21)N(Cc1ccco1)c1ccccn1. The van der Waals surface area contributed by atoms with Crippen molar-refractivity contribution in [2.24, 2.45) is 0 Å². The van der Waals surface area contributed by atoms with Gasteiger partial charge in [-0.2, -0.15) is 0 Å². The van der Waals surface area contributed by atoms with Crippen LogP contribution in [0.25, 0.3) is 0 Å². The lowest BCUT2D eigenvalue weighted by atomic mass is 9.85. The number of furan rings is 1. The molecule has 0 unspecified atom stereocenters. The van der Waals surface area contributed by atoms with E-state index in [2.05, 4.69) is 16.0 Å². The average Bonchev–Trinajstić information content (AvgIpc) is 3.19. The fourth-order valence-corrected chi connectivity index (χ4v) is 3.38. The molecule has 0 saturated carbocycles. The molecule has 126 valence electrons. The van der Waals surface area contributed by atoms with Crippen LogP contribution in [0.5, 0.6) is 0 Å². The van der Waals surface area contributed by atoms with Crippen molar-refractivity contribution in [1.82, 2.24) is 9.97 Å². The van der Waals surface area contributed by atoms with Crippen LogP contribution in [0.15, 0.2) is 65.5 Å². The van der Waals surface area contributed by atoms with Crippen LogP contribution >= 0.6 is 0 Å². The molecule has 3 aromatic heterocycles. The van der Waals surface area contributed by atoms with Crippen molar-refractivity contribution in [3.05, 3.63) is 78.1 Å². The fourth-order valence-electron chi connectivity index (χ4n) is 3.38. The van der Waals surface area contributed by atoms with E-state index in [1.807, 2.05) is 36.4 Å². The summed E-state index contributed by atoms with van der Waals surface area (Å²) in [5.74, 6) is 1.15. The lowest BCUT2D eigenvalue weighted by molar-refractivity contribution is -0.120. The largest absolute Gasteiger partial charge is 0.467 e. The topological polar surface area (TPSA) is 59.2 Å². The minimum Gasteiger partial charge on any atom is -0.467 e. The monoisotopic (exact) mass is 333 g/mol. The number of fused-ring (bicyclic) bond motifs is 1. The second-order valence-corrected chi connectivity index (χ2v) is 6.18. The molecule has 25 heavy (non-hydrogen) atoms. The molecule has 4 rings (SSSR count). The summed E-state index contributed by atoms with van der Waals surface area (Å²) < 4.78 is 5.46. The maximum atomic E-state index is 13.4. The van der Waals surface area contributed by atoms with Crippen molar-refractivity contribution < 1.29 is 9.21 Å². The molecule has 0 aromatic carbocycles. The number of aromatic nitrogens is 2. The Labute approximate surface area is 146 Å². The van der Waals surface area contributed by atoms with Gasteiger partial charge in [0, 0.05) is 12.4 Å². The highest BCUT2D eigenvalue weighted by Crippen LogP contribution is 2.32. The summed E-state index contributed by atoms with van der Waals surface area (Å²) >= 11 is 0. The summed E-state index contributed by atoms with van der Waals surface area (Å²) in [6.07, 6.45) is 7.87. The lowest BCUT2D eigenvalue weighted by Crippen LogP contribution is -2.37. The Morgan fingerprint density at radius 1 is 1.12 bits per heavy atom. The standard InChI is InChI=1S/C20H19N3O2/c24-20(17-9-3-6-15-7-4-12-22-19(15)17)23(14-16-8-5-13-25-16)18-10-1-2-11-21-18/h1-2,4-5,7-8,10-13,17H,3,6,9,14H2/t17-/m1/s1. The first-order chi connectivity index (χ1) is 12.3. The molecule has 0 fully saturated rings. The molecule has 0 N–H and O–H groups in total. The molecule has 1 atom stereocenters. The van der Waals surface area contributed by atoms with Crippen molar-refractivity contribution in [3.8, 4) is 0 Å². The summed E-state index contributed by atoms with van der Waals surface area (Å²) in [4.78, 5) is 24.0. The highest BCUT2D eigenvalue weighted by molar-refractivity contribution is 5.97. The molecular formula is C20H19N3O2. The summed E-state index contributed by atoms with van der Waals surface area (Å²) in [6.45, 7) is 0.363. The Morgan fingerprint density at radius 3 is 2.84 bits per heavy atom.